The van der Waals surface area contributed by atoms with E-state index < -0.39 is 6.16 Å². The second-order valence-corrected chi connectivity index (χ2v) is 10.7. The Balaban J connectivity index is 1.51. The molecule has 1 fully saturated rings. The van der Waals surface area contributed by atoms with Crippen LogP contribution in [0.25, 0.3) is 5.57 Å². The minimum atomic E-state index is -0.497. The Hall–Kier alpha value is -2.01. The number of hydrogen-bond acceptors (Lipinski definition) is 4. The number of benzene rings is 1. The van der Waals surface area contributed by atoms with Crippen LogP contribution in [-0.4, -0.2) is 50.2 Å². The van der Waals surface area contributed by atoms with E-state index >= 15 is 0 Å². The molecule has 0 radical (unpaired) electrons. The third-order valence-electron chi connectivity index (χ3n) is 9.86. The van der Waals surface area contributed by atoms with Crippen LogP contribution in [0.4, 0.5) is 4.79 Å². The maximum Gasteiger partial charge on any atom is 0.512 e. The molecule has 33 heavy (non-hydrogen) atoms. The standard InChI is InChI=1S/C28H42NO4/c1-7-29(8-2,9-3)19-32-26(30)33-25-15-17-28(5)24(25)13-12-23-22-11-10-21(31-6)18-20(22)14-16-27(23,28)4/h10-12,18,24-25H,7-9,13-17,19H2,1-6H3/q+1/t24-,25-,27+,28+/m1/s1. The highest BCUT2D eigenvalue weighted by atomic mass is 16.7. The van der Waals surface area contributed by atoms with E-state index in [4.69, 9.17) is 14.2 Å². The number of rotatable bonds is 7. The molecule has 0 amide bonds. The number of hydrogen-bond donors (Lipinski definition) is 0. The Kier molecular flexibility index (Phi) is 6.56. The molecule has 1 aromatic rings. The van der Waals surface area contributed by atoms with Gasteiger partial charge in [-0.25, -0.2) is 4.79 Å². The van der Waals surface area contributed by atoms with Gasteiger partial charge in [-0.3, -0.25) is 4.48 Å². The second kappa shape index (κ2) is 8.98. The van der Waals surface area contributed by atoms with E-state index in [1.807, 2.05) is 0 Å². The molecule has 3 aliphatic carbocycles. The molecular formula is C28H42NO4+. The Bertz CT molecular complexity index is 912. The van der Waals surface area contributed by atoms with Crippen molar-refractivity contribution >= 4 is 11.7 Å². The van der Waals surface area contributed by atoms with Crippen LogP contribution in [0.15, 0.2) is 24.3 Å². The van der Waals surface area contributed by atoms with Gasteiger partial charge in [-0.1, -0.05) is 26.0 Å². The number of fused-ring (bicyclic) bond motifs is 5. The van der Waals surface area contributed by atoms with Gasteiger partial charge in [0.2, 0.25) is 6.73 Å². The van der Waals surface area contributed by atoms with Crippen molar-refractivity contribution in [3.63, 3.8) is 0 Å². The van der Waals surface area contributed by atoms with Crippen LogP contribution in [0.1, 0.15) is 71.4 Å². The third-order valence-corrected chi connectivity index (χ3v) is 9.86. The van der Waals surface area contributed by atoms with Crippen molar-refractivity contribution in [3.05, 3.63) is 35.4 Å². The second-order valence-electron chi connectivity index (χ2n) is 10.7. The number of ether oxygens (including phenoxy) is 3. The molecule has 1 aromatic carbocycles. The Morgan fingerprint density at radius 3 is 2.52 bits per heavy atom. The molecule has 0 N–H and O–H groups in total. The molecule has 5 heteroatoms. The molecule has 0 spiro atoms. The number of carbonyl (C=O) groups is 1. The van der Waals surface area contributed by atoms with Crippen molar-refractivity contribution < 1.29 is 23.5 Å². The molecule has 0 bridgehead atoms. The predicted molar refractivity (Wildman–Crippen MR) is 131 cm³/mol. The van der Waals surface area contributed by atoms with E-state index in [2.05, 4.69) is 58.9 Å². The lowest BCUT2D eigenvalue weighted by Crippen LogP contribution is -2.50. The molecule has 0 saturated heterocycles. The fourth-order valence-corrected chi connectivity index (χ4v) is 6.93. The van der Waals surface area contributed by atoms with Crippen LogP contribution in [0, 0.1) is 16.7 Å². The Labute approximate surface area is 199 Å². The largest absolute Gasteiger partial charge is 0.512 e. The highest BCUT2D eigenvalue weighted by Gasteiger charge is 2.60. The summed E-state index contributed by atoms with van der Waals surface area (Å²) in [4.78, 5) is 12.7. The van der Waals surface area contributed by atoms with Gasteiger partial charge >= 0.3 is 6.16 Å². The first-order valence-corrected chi connectivity index (χ1v) is 12.8. The van der Waals surface area contributed by atoms with Gasteiger partial charge in [0.05, 0.1) is 26.7 Å². The quantitative estimate of drug-likeness (QED) is 0.278. The van der Waals surface area contributed by atoms with Gasteiger partial charge < -0.3 is 14.2 Å². The number of carbonyl (C=O) groups excluding carboxylic acids is 1. The van der Waals surface area contributed by atoms with Gasteiger partial charge in [0.15, 0.2) is 0 Å². The topological polar surface area (TPSA) is 44.8 Å². The first-order chi connectivity index (χ1) is 15.8. The first kappa shape index (κ1) is 24.1. The Morgan fingerprint density at radius 2 is 1.85 bits per heavy atom. The van der Waals surface area contributed by atoms with Gasteiger partial charge in [-0.15, -0.1) is 0 Å². The zero-order chi connectivity index (χ0) is 23.9. The predicted octanol–water partition coefficient (Wildman–Crippen LogP) is 6.21. The van der Waals surface area contributed by atoms with Gasteiger partial charge in [0.25, 0.3) is 0 Å². The number of aryl methyl sites for hydroxylation is 1. The summed E-state index contributed by atoms with van der Waals surface area (Å²) >= 11 is 0. The zero-order valence-corrected chi connectivity index (χ0v) is 21.4. The monoisotopic (exact) mass is 456 g/mol. The van der Waals surface area contributed by atoms with Gasteiger partial charge in [-0.2, -0.15) is 0 Å². The van der Waals surface area contributed by atoms with Crippen LogP contribution in [-0.2, 0) is 15.9 Å². The average Bonchev–Trinajstić information content (AvgIpc) is 3.16. The maximum atomic E-state index is 12.7. The molecule has 0 heterocycles. The molecule has 3 aliphatic rings. The van der Waals surface area contributed by atoms with Gasteiger partial charge in [0, 0.05) is 5.92 Å². The third kappa shape index (κ3) is 3.86. The van der Waals surface area contributed by atoms with E-state index in [1.165, 1.54) is 16.7 Å². The highest BCUT2D eigenvalue weighted by Crippen LogP contribution is 2.67. The van der Waals surface area contributed by atoms with Gasteiger partial charge in [-0.05, 0) is 92.5 Å². The van der Waals surface area contributed by atoms with Crippen molar-refractivity contribution in [2.45, 2.75) is 72.8 Å². The van der Waals surface area contributed by atoms with Crippen molar-refractivity contribution in [2.24, 2.45) is 16.7 Å². The van der Waals surface area contributed by atoms with Crippen LogP contribution in [0.3, 0.4) is 0 Å². The zero-order valence-electron chi connectivity index (χ0n) is 21.4. The number of nitrogens with zero attached hydrogens (tertiary/aromatic N) is 1. The SMILES string of the molecule is CC[N+](CC)(CC)COC(=O)O[C@@H]1CC[C@@]2(C)[C@@H]1CC=C1c3ccc(OC)cc3CC[C@@]12C. The van der Waals surface area contributed by atoms with E-state index in [-0.39, 0.29) is 16.9 Å². The summed E-state index contributed by atoms with van der Waals surface area (Å²) in [6, 6.07) is 6.52. The van der Waals surface area contributed by atoms with Crippen LogP contribution in [0.2, 0.25) is 0 Å². The summed E-state index contributed by atoms with van der Waals surface area (Å²) < 4.78 is 17.9. The van der Waals surface area contributed by atoms with Crippen molar-refractivity contribution in [1.82, 2.24) is 0 Å². The summed E-state index contributed by atoms with van der Waals surface area (Å²) in [5.41, 5.74) is 4.43. The summed E-state index contributed by atoms with van der Waals surface area (Å²) in [5, 5.41) is 0. The number of allylic oxidation sites excluding steroid dienone is 2. The summed E-state index contributed by atoms with van der Waals surface area (Å²) in [6.07, 6.45) is 6.98. The minimum absolute atomic E-state index is 0.0684. The molecule has 182 valence electrons. The normalized spacial score (nSPS) is 30.5. The highest BCUT2D eigenvalue weighted by molar-refractivity contribution is 5.76. The lowest BCUT2D eigenvalue weighted by molar-refractivity contribution is -0.939. The molecule has 5 nitrogen and oxygen atoms in total. The summed E-state index contributed by atoms with van der Waals surface area (Å²) in [7, 11) is 1.73. The molecular weight excluding hydrogens is 414 g/mol. The lowest BCUT2D eigenvalue weighted by Gasteiger charge is -2.55. The first-order valence-electron chi connectivity index (χ1n) is 12.8. The fraction of sp³-hybridized carbons (Fsp3) is 0.679. The molecule has 0 aromatic heterocycles. The Morgan fingerprint density at radius 1 is 1.12 bits per heavy atom. The van der Waals surface area contributed by atoms with Crippen molar-refractivity contribution in [2.75, 3.05) is 33.5 Å². The summed E-state index contributed by atoms with van der Waals surface area (Å²) in [6.45, 7) is 14.5. The minimum Gasteiger partial charge on any atom is -0.497 e. The van der Waals surface area contributed by atoms with E-state index in [0.717, 1.165) is 62.0 Å². The van der Waals surface area contributed by atoms with Crippen LogP contribution < -0.4 is 4.74 Å². The fourth-order valence-electron chi connectivity index (χ4n) is 6.93. The van der Waals surface area contributed by atoms with E-state index in [1.54, 1.807) is 7.11 Å². The van der Waals surface area contributed by atoms with Crippen molar-refractivity contribution in [1.29, 1.82) is 0 Å². The lowest BCUT2D eigenvalue weighted by atomic mass is 9.49. The van der Waals surface area contributed by atoms with Gasteiger partial charge in [0.1, 0.15) is 11.9 Å². The smallest absolute Gasteiger partial charge is 0.497 e. The molecule has 4 rings (SSSR count). The van der Waals surface area contributed by atoms with E-state index in [9.17, 15) is 4.79 Å². The van der Waals surface area contributed by atoms with E-state index in [0.29, 0.717) is 12.6 Å². The van der Waals surface area contributed by atoms with Crippen molar-refractivity contribution in [3.8, 4) is 5.75 Å². The molecule has 1 saturated carbocycles. The van der Waals surface area contributed by atoms with Crippen LogP contribution >= 0.6 is 0 Å². The average molecular weight is 457 g/mol. The molecule has 4 atom stereocenters. The number of methoxy groups -OCH3 is 1. The molecule has 0 aliphatic heterocycles. The summed E-state index contributed by atoms with van der Waals surface area (Å²) in [5.74, 6) is 1.27. The molecule has 0 unspecified atom stereocenters. The maximum absolute atomic E-state index is 12.7. The number of quaternary nitrogens is 1. The van der Waals surface area contributed by atoms with Crippen LogP contribution in [0.5, 0.6) is 5.75 Å².